The van der Waals surface area contributed by atoms with Crippen molar-refractivity contribution < 1.29 is 4.79 Å². The summed E-state index contributed by atoms with van der Waals surface area (Å²) in [6.45, 7) is 0. The third kappa shape index (κ3) is 0.675. The highest BCUT2D eigenvalue weighted by Gasteiger charge is 2.48. The van der Waals surface area contributed by atoms with Crippen LogP contribution in [0.4, 0.5) is 0 Å². The monoisotopic (exact) mass is 162 g/mol. The second-order valence-electron chi connectivity index (χ2n) is 4.41. The van der Waals surface area contributed by atoms with Crippen molar-refractivity contribution in [2.45, 2.75) is 32.1 Å². The molecule has 0 saturated heterocycles. The van der Waals surface area contributed by atoms with Gasteiger partial charge in [0.15, 0.2) is 5.78 Å². The Morgan fingerprint density at radius 3 is 3.00 bits per heavy atom. The van der Waals surface area contributed by atoms with Crippen LogP contribution < -0.4 is 0 Å². The summed E-state index contributed by atoms with van der Waals surface area (Å²) < 4.78 is 0. The largest absolute Gasteiger partial charge is 0.294 e. The molecule has 3 rings (SSSR count). The molecule has 2 fully saturated rings. The summed E-state index contributed by atoms with van der Waals surface area (Å²) in [7, 11) is 0. The van der Waals surface area contributed by atoms with Gasteiger partial charge in [-0.15, -0.1) is 0 Å². The van der Waals surface area contributed by atoms with Gasteiger partial charge in [-0.1, -0.05) is 12.5 Å². The van der Waals surface area contributed by atoms with E-state index in [9.17, 15) is 4.79 Å². The number of hydrogen-bond donors (Lipinski definition) is 0. The fraction of sp³-hybridized carbons (Fsp3) is 0.727. The van der Waals surface area contributed by atoms with Crippen molar-refractivity contribution in [1.82, 2.24) is 0 Å². The summed E-state index contributed by atoms with van der Waals surface area (Å²) in [5.41, 5.74) is 1.21. The van der Waals surface area contributed by atoms with E-state index < -0.39 is 0 Å². The second-order valence-corrected chi connectivity index (χ2v) is 4.41. The van der Waals surface area contributed by atoms with Gasteiger partial charge < -0.3 is 0 Å². The summed E-state index contributed by atoms with van der Waals surface area (Å²) in [6, 6.07) is 0. The van der Waals surface area contributed by atoms with Crippen LogP contribution in [0.2, 0.25) is 0 Å². The van der Waals surface area contributed by atoms with E-state index >= 15 is 0 Å². The molecule has 3 aliphatic carbocycles. The SMILES string of the molecule is O=C1C2=CCCC2C2CCCC12. The average molecular weight is 162 g/mol. The van der Waals surface area contributed by atoms with Crippen molar-refractivity contribution >= 4 is 5.78 Å². The lowest BCUT2D eigenvalue weighted by molar-refractivity contribution is -0.118. The van der Waals surface area contributed by atoms with Crippen LogP contribution in [0.5, 0.6) is 0 Å². The first-order valence-corrected chi connectivity index (χ1v) is 5.12. The van der Waals surface area contributed by atoms with Crippen LogP contribution in [0.15, 0.2) is 11.6 Å². The summed E-state index contributed by atoms with van der Waals surface area (Å²) in [5, 5.41) is 0. The Labute approximate surface area is 72.8 Å². The van der Waals surface area contributed by atoms with Crippen molar-refractivity contribution in [2.75, 3.05) is 0 Å². The number of allylic oxidation sites excluding steroid dienone is 2. The number of ketones is 1. The maximum absolute atomic E-state index is 11.8. The van der Waals surface area contributed by atoms with Crippen molar-refractivity contribution in [3.8, 4) is 0 Å². The lowest BCUT2D eigenvalue weighted by Gasteiger charge is -2.13. The Hall–Kier alpha value is -0.590. The molecule has 0 bridgehead atoms. The van der Waals surface area contributed by atoms with Gasteiger partial charge in [0, 0.05) is 5.92 Å². The highest BCUT2D eigenvalue weighted by atomic mass is 16.1. The molecule has 3 aliphatic rings. The maximum atomic E-state index is 11.8. The minimum atomic E-state index is 0.446. The Morgan fingerprint density at radius 1 is 1.17 bits per heavy atom. The second kappa shape index (κ2) is 2.21. The first kappa shape index (κ1) is 6.88. The molecule has 0 aromatic rings. The normalized spacial score (nSPS) is 44.5. The molecule has 3 atom stereocenters. The van der Waals surface area contributed by atoms with Gasteiger partial charge in [-0.3, -0.25) is 4.79 Å². The van der Waals surface area contributed by atoms with E-state index in [0.29, 0.717) is 17.6 Å². The van der Waals surface area contributed by atoms with Crippen LogP contribution >= 0.6 is 0 Å². The summed E-state index contributed by atoms with van der Waals surface area (Å²) in [6.07, 6.45) is 8.42. The number of carbonyl (C=O) groups excluding carboxylic acids is 1. The van der Waals surface area contributed by atoms with Crippen molar-refractivity contribution in [2.24, 2.45) is 17.8 Å². The highest BCUT2D eigenvalue weighted by molar-refractivity contribution is 6.01. The first-order chi connectivity index (χ1) is 5.88. The molecule has 0 aliphatic heterocycles. The number of Topliss-reactive ketones (excluding diaryl/α,β-unsaturated/α-hetero) is 1. The lowest BCUT2D eigenvalue weighted by atomic mass is 9.90. The molecule has 12 heavy (non-hydrogen) atoms. The molecular weight excluding hydrogens is 148 g/mol. The van der Waals surface area contributed by atoms with E-state index in [1.54, 1.807) is 0 Å². The van der Waals surface area contributed by atoms with E-state index in [0.717, 1.165) is 12.3 Å². The van der Waals surface area contributed by atoms with Crippen molar-refractivity contribution in [1.29, 1.82) is 0 Å². The molecule has 0 N–H and O–H groups in total. The molecule has 64 valence electrons. The van der Waals surface area contributed by atoms with Gasteiger partial charge in [0.25, 0.3) is 0 Å². The van der Waals surface area contributed by atoms with Crippen molar-refractivity contribution in [3.05, 3.63) is 11.6 Å². The first-order valence-electron chi connectivity index (χ1n) is 5.12. The minimum Gasteiger partial charge on any atom is -0.294 e. The molecule has 0 aromatic heterocycles. The van der Waals surface area contributed by atoms with Crippen LogP contribution in [0, 0.1) is 17.8 Å². The zero-order valence-corrected chi connectivity index (χ0v) is 7.25. The zero-order valence-electron chi connectivity index (χ0n) is 7.25. The molecule has 3 unspecified atom stereocenters. The van der Waals surface area contributed by atoms with E-state index in [1.807, 2.05) is 0 Å². The van der Waals surface area contributed by atoms with Gasteiger partial charge in [-0.05, 0) is 43.1 Å². The molecule has 0 aromatic carbocycles. The Morgan fingerprint density at radius 2 is 2.08 bits per heavy atom. The van der Waals surface area contributed by atoms with Gasteiger partial charge in [0.2, 0.25) is 0 Å². The molecule has 0 spiro atoms. The molecular formula is C11H14O. The summed E-state index contributed by atoms with van der Waals surface area (Å²) >= 11 is 0. The molecule has 1 heteroatoms. The van der Waals surface area contributed by atoms with Gasteiger partial charge in [-0.2, -0.15) is 0 Å². The Kier molecular flexibility index (Phi) is 1.27. The Balaban J connectivity index is 2.02. The lowest BCUT2D eigenvalue weighted by Crippen LogP contribution is -2.10. The number of rotatable bonds is 0. The van der Waals surface area contributed by atoms with Gasteiger partial charge >= 0.3 is 0 Å². The number of fused-ring (bicyclic) bond motifs is 3. The minimum absolute atomic E-state index is 0.446. The molecule has 0 heterocycles. The van der Waals surface area contributed by atoms with E-state index in [2.05, 4.69) is 6.08 Å². The van der Waals surface area contributed by atoms with Crippen LogP contribution in [-0.4, -0.2) is 5.78 Å². The quantitative estimate of drug-likeness (QED) is 0.534. The molecule has 0 amide bonds. The number of hydrogen-bond acceptors (Lipinski definition) is 1. The van der Waals surface area contributed by atoms with Crippen LogP contribution in [0.3, 0.4) is 0 Å². The summed E-state index contributed by atoms with van der Waals surface area (Å²) in [5.74, 6) is 2.40. The van der Waals surface area contributed by atoms with E-state index in [-0.39, 0.29) is 0 Å². The van der Waals surface area contributed by atoms with E-state index in [4.69, 9.17) is 0 Å². The molecule has 0 radical (unpaired) electrons. The zero-order chi connectivity index (χ0) is 8.13. The van der Waals surface area contributed by atoms with Gasteiger partial charge in [0.05, 0.1) is 0 Å². The Bertz CT molecular complexity index is 264. The fourth-order valence-corrected chi connectivity index (χ4v) is 3.46. The van der Waals surface area contributed by atoms with Crippen molar-refractivity contribution in [3.63, 3.8) is 0 Å². The highest BCUT2D eigenvalue weighted by Crippen LogP contribution is 2.52. The number of carbonyl (C=O) groups is 1. The van der Waals surface area contributed by atoms with Crippen LogP contribution in [0.25, 0.3) is 0 Å². The van der Waals surface area contributed by atoms with Gasteiger partial charge in [0.1, 0.15) is 0 Å². The average Bonchev–Trinajstić information content (AvgIpc) is 2.72. The standard InChI is InChI=1S/C11H14O/c12-11-9-5-1-3-7(9)8-4-2-6-10(8)11/h5,7-8,10H,1-4,6H2. The van der Waals surface area contributed by atoms with Crippen LogP contribution in [-0.2, 0) is 4.79 Å². The maximum Gasteiger partial charge on any atom is 0.162 e. The third-order valence-electron chi connectivity index (χ3n) is 3.95. The topological polar surface area (TPSA) is 17.1 Å². The smallest absolute Gasteiger partial charge is 0.162 e. The summed E-state index contributed by atoms with van der Waals surface area (Å²) in [4.78, 5) is 11.8. The van der Waals surface area contributed by atoms with Gasteiger partial charge in [-0.25, -0.2) is 0 Å². The third-order valence-corrected chi connectivity index (χ3v) is 3.95. The fourth-order valence-electron chi connectivity index (χ4n) is 3.46. The van der Waals surface area contributed by atoms with E-state index in [1.165, 1.54) is 31.3 Å². The predicted molar refractivity (Wildman–Crippen MR) is 46.6 cm³/mol. The molecule has 1 nitrogen and oxygen atoms in total. The predicted octanol–water partition coefficient (Wildman–Crippen LogP) is 2.32. The van der Waals surface area contributed by atoms with Crippen LogP contribution in [0.1, 0.15) is 32.1 Å². The molecule has 2 saturated carbocycles.